The molecule has 1 saturated carbocycles. The normalized spacial score (nSPS) is 20.6. The topological polar surface area (TPSA) is 29.1 Å². The molecular formula is C13H25NOS. The van der Waals surface area contributed by atoms with Gasteiger partial charge in [0.2, 0.25) is 6.41 Å². The van der Waals surface area contributed by atoms with Gasteiger partial charge in [0.1, 0.15) is 0 Å². The number of nitrogens with one attached hydrogen (secondary N) is 1. The standard InChI is InChI=1S/C13H25NOS/c1-12(5-4-10-16)13(6-2-3-7-13)8-9-14-11-15/h11-12,16H,2-10H2,1H3,(H,14,15)/t12-/m0/s1. The highest BCUT2D eigenvalue weighted by Gasteiger charge is 2.37. The highest BCUT2D eigenvalue weighted by molar-refractivity contribution is 7.80. The van der Waals surface area contributed by atoms with Crippen LogP contribution >= 0.6 is 12.6 Å². The molecular weight excluding hydrogens is 218 g/mol. The molecule has 1 rings (SSSR count). The lowest BCUT2D eigenvalue weighted by Crippen LogP contribution is -2.30. The predicted molar refractivity (Wildman–Crippen MR) is 71.8 cm³/mol. The van der Waals surface area contributed by atoms with Crippen LogP contribution in [0.1, 0.15) is 51.9 Å². The zero-order chi connectivity index (χ0) is 11.9. The minimum atomic E-state index is 0.499. The van der Waals surface area contributed by atoms with Gasteiger partial charge in [-0.1, -0.05) is 19.8 Å². The molecule has 0 aromatic heterocycles. The summed E-state index contributed by atoms with van der Waals surface area (Å²) in [6.45, 7) is 3.23. The number of carbonyl (C=O) groups excluding carboxylic acids is 1. The Labute approximate surface area is 105 Å². The summed E-state index contributed by atoms with van der Waals surface area (Å²) in [5.41, 5.74) is 0.499. The van der Waals surface area contributed by atoms with Crippen molar-refractivity contribution < 1.29 is 4.79 Å². The number of rotatable bonds is 8. The second-order valence-corrected chi connectivity index (χ2v) is 5.61. The number of hydrogen-bond acceptors (Lipinski definition) is 2. The Morgan fingerprint density at radius 1 is 1.44 bits per heavy atom. The van der Waals surface area contributed by atoms with Crippen molar-refractivity contribution in [3.8, 4) is 0 Å². The second-order valence-electron chi connectivity index (χ2n) is 5.16. The van der Waals surface area contributed by atoms with Crippen LogP contribution in [0.4, 0.5) is 0 Å². The van der Waals surface area contributed by atoms with E-state index in [-0.39, 0.29) is 0 Å². The number of thiol groups is 1. The first-order valence-corrected chi connectivity index (χ1v) is 7.16. The van der Waals surface area contributed by atoms with E-state index in [0.717, 1.165) is 31.0 Å². The van der Waals surface area contributed by atoms with Gasteiger partial charge in [-0.25, -0.2) is 0 Å². The van der Waals surface area contributed by atoms with Gasteiger partial charge in [-0.15, -0.1) is 0 Å². The molecule has 0 unspecified atom stereocenters. The van der Waals surface area contributed by atoms with Gasteiger partial charge in [0.15, 0.2) is 0 Å². The van der Waals surface area contributed by atoms with Gasteiger partial charge in [-0.3, -0.25) is 4.79 Å². The Morgan fingerprint density at radius 3 is 2.69 bits per heavy atom. The highest BCUT2D eigenvalue weighted by Crippen LogP contribution is 2.48. The monoisotopic (exact) mass is 243 g/mol. The van der Waals surface area contributed by atoms with Crippen LogP contribution in [0.2, 0.25) is 0 Å². The molecule has 1 aliphatic rings. The molecule has 1 N–H and O–H groups in total. The first-order chi connectivity index (χ1) is 7.75. The van der Waals surface area contributed by atoms with E-state index in [1.54, 1.807) is 0 Å². The largest absolute Gasteiger partial charge is 0.359 e. The average molecular weight is 243 g/mol. The van der Waals surface area contributed by atoms with E-state index in [0.29, 0.717) is 5.41 Å². The molecule has 94 valence electrons. The van der Waals surface area contributed by atoms with Crippen molar-refractivity contribution in [1.82, 2.24) is 5.32 Å². The van der Waals surface area contributed by atoms with Gasteiger partial charge in [0.05, 0.1) is 0 Å². The van der Waals surface area contributed by atoms with Crippen molar-refractivity contribution in [1.29, 1.82) is 0 Å². The lowest BCUT2D eigenvalue weighted by Gasteiger charge is -2.36. The highest BCUT2D eigenvalue weighted by atomic mass is 32.1. The summed E-state index contributed by atoms with van der Waals surface area (Å²) in [4.78, 5) is 10.3. The molecule has 16 heavy (non-hydrogen) atoms. The fourth-order valence-electron chi connectivity index (χ4n) is 3.15. The van der Waals surface area contributed by atoms with Crippen LogP contribution in [-0.2, 0) is 4.79 Å². The van der Waals surface area contributed by atoms with E-state index in [1.807, 2.05) is 0 Å². The fraction of sp³-hybridized carbons (Fsp3) is 0.923. The van der Waals surface area contributed by atoms with Gasteiger partial charge in [-0.2, -0.15) is 12.6 Å². The number of carbonyl (C=O) groups is 1. The third kappa shape index (κ3) is 3.69. The zero-order valence-electron chi connectivity index (χ0n) is 10.4. The average Bonchev–Trinajstić information content (AvgIpc) is 2.76. The van der Waals surface area contributed by atoms with E-state index in [9.17, 15) is 4.79 Å². The van der Waals surface area contributed by atoms with Crippen molar-refractivity contribution in [3.05, 3.63) is 0 Å². The van der Waals surface area contributed by atoms with E-state index in [4.69, 9.17) is 0 Å². The molecule has 2 nitrogen and oxygen atoms in total. The van der Waals surface area contributed by atoms with Crippen molar-refractivity contribution in [2.75, 3.05) is 12.3 Å². The number of hydrogen-bond donors (Lipinski definition) is 2. The molecule has 1 amide bonds. The van der Waals surface area contributed by atoms with Crippen LogP contribution in [0.25, 0.3) is 0 Å². The van der Waals surface area contributed by atoms with Crippen LogP contribution in [-0.4, -0.2) is 18.7 Å². The summed E-state index contributed by atoms with van der Waals surface area (Å²) < 4.78 is 0. The zero-order valence-corrected chi connectivity index (χ0v) is 11.3. The van der Waals surface area contributed by atoms with E-state index in [2.05, 4.69) is 24.9 Å². The quantitative estimate of drug-likeness (QED) is 0.383. The Morgan fingerprint density at radius 2 is 2.12 bits per heavy atom. The Hall–Kier alpha value is -0.180. The third-order valence-corrected chi connectivity index (χ3v) is 4.61. The van der Waals surface area contributed by atoms with Crippen LogP contribution in [0.3, 0.4) is 0 Å². The van der Waals surface area contributed by atoms with E-state index >= 15 is 0 Å². The van der Waals surface area contributed by atoms with Crippen LogP contribution in [0.15, 0.2) is 0 Å². The second kappa shape index (κ2) is 7.21. The van der Waals surface area contributed by atoms with Crippen LogP contribution < -0.4 is 5.32 Å². The fourth-order valence-corrected chi connectivity index (χ4v) is 3.33. The Kier molecular flexibility index (Phi) is 6.25. The molecule has 0 spiro atoms. The first kappa shape index (κ1) is 13.9. The van der Waals surface area contributed by atoms with Gasteiger partial charge >= 0.3 is 0 Å². The molecule has 0 heterocycles. The van der Waals surface area contributed by atoms with Gasteiger partial charge in [0.25, 0.3) is 0 Å². The predicted octanol–water partition coefficient (Wildman–Crippen LogP) is 3.03. The van der Waals surface area contributed by atoms with Crippen molar-refractivity contribution in [2.45, 2.75) is 51.9 Å². The molecule has 1 aliphatic carbocycles. The van der Waals surface area contributed by atoms with Gasteiger partial charge in [0, 0.05) is 6.54 Å². The SMILES string of the molecule is C[C@@H](CCCS)C1(CCNC=O)CCCC1. The van der Waals surface area contributed by atoms with Gasteiger partial charge < -0.3 is 5.32 Å². The van der Waals surface area contributed by atoms with Crippen LogP contribution in [0.5, 0.6) is 0 Å². The maximum absolute atomic E-state index is 10.3. The third-order valence-electron chi connectivity index (χ3n) is 4.29. The summed E-state index contributed by atoms with van der Waals surface area (Å²) >= 11 is 4.29. The van der Waals surface area contributed by atoms with Crippen molar-refractivity contribution >= 4 is 19.0 Å². The molecule has 0 radical (unpaired) electrons. The van der Waals surface area contributed by atoms with Crippen LogP contribution in [0, 0.1) is 11.3 Å². The molecule has 1 fully saturated rings. The molecule has 0 aliphatic heterocycles. The van der Waals surface area contributed by atoms with Crippen molar-refractivity contribution in [3.63, 3.8) is 0 Å². The summed E-state index contributed by atoms with van der Waals surface area (Å²) in [5, 5.41) is 2.82. The summed E-state index contributed by atoms with van der Waals surface area (Å²) in [7, 11) is 0. The molecule has 3 heteroatoms. The number of amides is 1. The smallest absolute Gasteiger partial charge is 0.207 e. The first-order valence-electron chi connectivity index (χ1n) is 6.53. The Bertz CT molecular complexity index is 202. The van der Waals surface area contributed by atoms with E-state index < -0.39 is 0 Å². The molecule has 0 aromatic carbocycles. The maximum atomic E-state index is 10.3. The van der Waals surface area contributed by atoms with E-state index in [1.165, 1.54) is 38.5 Å². The maximum Gasteiger partial charge on any atom is 0.207 e. The summed E-state index contributed by atoms with van der Waals surface area (Å²) in [5.74, 6) is 1.77. The molecule has 0 saturated heterocycles. The lowest BCUT2D eigenvalue weighted by atomic mass is 9.70. The van der Waals surface area contributed by atoms with Gasteiger partial charge in [-0.05, 0) is 49.2 Å². The molecule has 1 atom stereocenters. The minimum absolute atomic E-state index is 0.499. The Balaban J connectivity index is 2.46. The molecule has 0 bridgehead atoms. The van der Waals surface area contributed by atoms with Crippen molar-refractivity contribution in [2.24, 2.45) is 11.3 Å². The minimum Gasteiger partial charge on any atom is -0.359 e. The lowest BCUT2D eigenvalue weighted by molar-refractivity contribution is -0.109. The molecule has 0 aromatic rings. The summed E-state index contributed by atoms with van der Waals surface area (Å²) in [6, 6.07) is 0. The summed E-state index contributed by atoms with van der Waals surface area (Å²) in [6.07, 6.45) is 9.90.